The highest BCUT2D eigenvalue weighted by atomic mass is 32.2. The Morgan fingerprint density at radius 3 is 2.35 bits per heavy atom. The fourth-order valence-electron chi connectivity index (χ4n) is 1.79. The number of hydrogen-bond acceptors (Lipinski definition) is 6. The van der Waals surface area contributed by atoms with Gasteiger partial charge in [0, 0.05) is 24.8 Å². The molecule has 9 heteroatoms. The third-order valence-electron chi connectivity index (χ3n) is 2.99. The molecule has 0 saturated heterocycles. The summed E-state index contributed by atoms with van der Waals surface area (Å²) in [5.74, 6) is -0.140. The zero-order chi connectivity index (χ0) is 17.8. The van der Waals surface area contributed by atoms with Gasteiger partial charge in [-0.25, -0.2) is 8.42 Å². The number of anilines is 1. The summed E-state index contributed by atoms with van der Waals surface area (Å²) in [6.07, 6.45) is 0.919. The molecule has 0 aromatic heterocycles. The number of nitro groups is 1. The van der Waals surface area contributed by atoms with Crippen LogP contribution in [0.2, 0.25) is 0 Å². The van der Waals surface area contributed by atoms with E-state index >= 15 is 0 Å². The molecule has 0 aliphatic rings. The number of benzene rings is 1. The molecule has 1 aromatic rings. The van der Waals surface area contributed by atoms with Crippen LogP contribution in [0.1, 0.15) is 20.8 Å². The van der Waals surface area contributed by atoms with Crippen molar-refractivity contribution in [3.63, 3.8) is 0 Å². The maximum absolute atomic E-state index is 11.7. The van der Waals surface area contributed by atoms with Crippen molar-refractivity contribution in [3.8, 4) is 0 Å². The second-order valence-electron chi connectivity index (χ2n) is 6.11. The molecule has 8 nitrogen and oxygen atoms in total. The number of amides is 1. The largest absolute Gasteiger partial charge is 0.378 e. The Balaban J connectivity index is 2.86. The highest BCUT2D eigenvalue weighted by molar-refractivity contribution is 7.90. The minimum atomic E-state index is -3.72. The summed E-state index contributed by atoms with van der Waals surface area (Å²) < 4.78 is 23.3. The van der Waals surface area contributed by atoms with Gasteiger partial charge >= 0.3 is 5.69 Å². The van der Waals surface area contributed by atoms with Gasteiger partial charge in [0.1, 0.15) is 10.6 Å². The van der Waals surface area contributed by atoms with E-state index in [0.29, 0.717) is 0 Å². The second kappa shape index (κ2) is 6.95. The lowest BCUT2D eigenvalue weighted by Crippen LogP contribution is -2.37. The molecule has 0 spiro atoms. The zero-order valence-electron chi connectivity index (χ0n) is 13.5. The first-order valence-corrected chi connectivity index (χ1v) is 8.83. The molecule has 0 aliphatic heterocycles. The highest BCUT2D eigenvalue weighted by Gasteiger charge is 2.26. The molecular formula is C14H21N3O5S. The van der Waals surface area contributed by atoms with E-state index < -0.39 is 25.9 Å². The van der Waals surface area contributed by atoms with Crippen LogP contribution in [0.25, 0.3) is 0 Å². The summed E-state index contributed by atoms with van der Waals surface area (Å²) in [5.41, 5.74) is -0.914. The molecule has 128 valence electrons. The Morgan fingerprint density at radius 1 is 1.26 bits per heavy atom. The van der Waals surface area contributed by atoms with Crippen molar-refractivity contribution in [1.29, 1.82) is 0 Å². The van der Waals surface area contributed by atoms with Crippen molar-refractivity contribution in [2.45, 2.75) is 25.7 Å². The number of nitrogens with one attached hydrogen (secondary N) is 2. The number of rotatable bonds is 6. The van der Waals surface area contributed by atoms with E-state index in [2.05, 4.69) is 10.6 Å². The summed E-state index contributed by atoms with van der Waals surface area (Å²) in [5, 5.41) is 16.7. The van der Waals surface area contributed by atoms with Gasteiger partial charge in [-0.3, -0.25) is 14.9 Å². The lowest BCUT2D eigenvalue weighted by atomic mass is 9.96. The van der Waals surface area contributed by atoms with Crippen LogP contribution in [0, 0.1) is 15.5 Å². The monoisotopic (exact) mass is 343 g/mol. The van der Waals surface area contributed by atoms with Crippen molar-refractivity contribution >= 4 is 27.1 Å². The van der Waals surface area contributed by atoms with Gasteiger partial charge < -0.3 is 10.6 Å². The predicted octanol–water partition coefficient (Wildman–Crippen LogP) is 1.57. The van der Waals surface area contributed by atoms with Gasteiger partial charge in [-0.15, -0.1) is 0 Å². The Kier molecular flexibility index (Phi) is 5.70. The Morgan fingerprint density at radius 2 is 1.87 bits per heavy atom. The van der Waals surface area contributed by atoms with Crippen LogP contribution in [0.15, 0.2) is 23.1 Å². The molecule has 0 fully saturated rings. The standard InChI is InChI=1S/C14H21N3O5S/c1-14(2,3)13(18)16-9-8-15-10-6-5-7-11(23(4,21)22)12(10)17(19)20/h5-7,15H,8-9H2,1-4H3,(H,16,18). The van der Waals surface area contributed by atoms with E-state index in [0.717, 1.165) is 6.26 Å². The number of nitrogens with zero attached hydrogens (tertiary/aromatic N) is 1. The Hall–Kier alpha value is -2.16. The van der Waals surface area contributed by atoms with Crippen molar-refractivity contribution < 1.29 is 18.1 Å². The van der Waals surface area contributed by atoms with Crippen LogP contribution in [-0.4, -0.2) is 38.6 Å². The minimum Gasteiger partial charge on any atom is -0.378 e. The van der Waals surface area contributed by atoms with Gasteiger partial charge in [0.2, 0.25) is 5.91 Å². The van der Waals surface area contributed by atoms with Crippen LogP contribution in [0.4, 0.5) is 11.4 Å². The summed E-state index contributed by atoms with van der Waals surface area (Å²) >= 11 is 0. The molecule has 2 N–H and O–H groups in total. The second-order valence-corrected chi connectivity index (χ2v) is 8.10. The van der Waals surface area contributed by atoms with Gasteiger partial charge in [0.25, 0.3) is 0 Å². The van der Waals surface area contributed by atoms with Crippen molar-refractivity contribution in [2.24, 2.45) is 5.41 Å². The van der Waals surface area contributed by atoms with Gasteiger partial charge in [-0.05, 0) is 12.1 Å². The quantitative estimate of drug-likeness (QED) is 0.460. The van der Waals surface area contributed by atoms with E-state index in [4.69, 9.17) is 0 Å². The normalized spacial score (nSPS) is 11.8. The lowest BCUT2D eigenvalue weighted by Gasteiger charge is -2.18. The van der Waals surface area contributed by atoms with Crippen molar-refractivity contribution in [2.75, 3.05) is 24.7 Å². The zero-order valence-corrected chi connectivity index (χ0v) is 14.4. The maximum atomic E-state index is 11.7. The number of nitro benzene ring substituents is 1. The highest BCUT2D eigenvalue weighted by Crippen LogP contribution is 2.31. The molecular weight excluding hydrogens is 322 g/mol. The van der Waals surface area contributed by atoms with Gasteiger partial charge in [-0.1, -0.05) is 26.8 Å². The molecule has 0 bridgehead atoms. The van der Waals surface area contributed by atoms with Crippen LogP contribution in [0.3, 0.4) is 0 Å². The van der Waals surface area contributed by atoms with E-state index in [1.807, 2.05) is 0 Å². The maximum Gasteiger partial charge on any atom is 0.310 e. The SMILES string of the molecule is CC(C)(C)C(=O)NCCNc1cccc(S(C)(=O)=O)c1[N+](=O)[O-]. The first kappa shape index (κ1) is 18.9. The van der Waals surface area contributed by atoms with E-state index in [9.17, 15) is 23.3 Å². The molecule has 1 aromatic carbocycles. The first-order chi connectivity index (χ1) is 10.4. The van der Waals surface area contributed by atoms with Crippen LogP contribution < -0.4 is 10.6 Å². The molecule has 0 heterocycles. The molecule has 0 unspecified atom stereocenters. The Bertz CT molecular complexity index is 708. The van der Waals surface area contributed by atoms with Crippen LogP contribution in [-0.2, 0) is 14.6 Å². The van der Waals surface area contributed by atoms with Gasteiger partial charge in [0.05, 0.1) is 4.92 Å². The van der Waals surface area contributed by atoms with E-state index in [1.54, 1.807) is 20.8 Å². The van der Waals surface area contributed by atoms with Crippen molar-refractivity contribution in [3.05, 3.63) is 28.3 Å². The fourth-order valence-corrected chi connectivity index (χ4v) is 2.65. The number of hydrogen-bond donors (Lipinski definition) is 2. The summed E-state index contributed by atoms with van der Waals surface area (Å²) in [6.45, 7) is 5.81. The van der Waals surface area contributed by atoms with Gasteiger partial charge in [0.15, 0.2) is 9.84 Å². The summed E-state index contributed by atoms with van der Waals surface area (Å²) in [6, 6.07) is 4.05. The molecule has 23 heavy (non-hydrogen) atoms. The van der Waals surface area contributed by atoms with E-state index in [1.165, 1.54) is 18.2 Å². The van der Waals surface area contributed by atoms with Gasteiger partial charge in [-0.2, -0.15) is 0 Å². The minimum absolute atomic E-state index is 0.0999. The average Bonchev–Trinajstić information content (AvgIpc) is 2.40. The summed E-state index contributed by atoms with van der Waals surface area (Å²) in [4.78, 5) is 21.8. The smallest absolute Gasteiger partial charge is 0.310 e. The third kappa shape index (κ3) is 5.20. The Labute approximate surface area is 135 Å². The first-order valence-electron chi connectivity index (χ1n) is 6.94. The lowest BCUT2D eigenvalue weighted by molar-refractivity contribution is -0.386. The predicted molar refractivity (Wildman–Crippen MR) is 87.2 cm³/mol. The van der Waals surface area contributed by atoms with Crippen LogP contribution >= 0.6 is 0 Å². The average molecular weight is 343 g/mol. The van der Waals surface area contributed by atoms with E-state index in [-0.39, 0.29) is 29.6 Å². The topological polar surface area (TPSA) is 118 Å². The van der Waals surface area contributed by atoms with Crippen LogP contribution in [0.5, 0.6) is 0 Å². The molecule has 0 atom stereocenters. The summed E-state index contributed by atoms with van der Waals surface area (Å²) in [7, 11) is -3.72. The number of sulfone groups is 1. The molecule has 0 radical (unpaired) electrons. The number of carbonyl (C=O) groups is 1. The fraction of sp³-hybridized carbons (Fsp3) is 0.500. The molecule has 0 aliphatic carbocycles. The third-order valence-corrected chi connectivity index (χ3v) is 4.12. The molecule has 0 saturated carbocycles. The number of carbonyl (C=O) groups excluding carboxylic acids is 1. The number of para-hydroxylation sites is 1. The molecule has 1 amide bonds. The molecule has 1 rings (SSSR count). The van der Waals surface area contributed by atoms with Crippen molar-refractivity contribution in [1.82, 2.24) is 5.32 Å².